The van der Waals surface area contributed by atoms with Gasteiger partial charge in [-0.05, 0) is 42.5 Å². The minimum absolute atomic E-state index is 0.0110. The lowest BCUT2D eigenvalue weighted by molar-refractivity contribution is 0.0730. The number of morpholine rings is 1. The highest BCUT2D eigenvalue weighted by molar-refractivity contribution is 7.92. The van der Waals surface area contributed by atoms with Crippen molar-refractivity contribution in [1.29, 1.82) is 0 Å². The van der Waals surface area contributed by atoms with Crippen molar-refractivity contribution >= 4 is 37.3 Å². The highest BCUT2D eigenvalue weighted by Crippen LogP contribution is 2.26. The van der Waals surface area contributed by atoms with Crippen LogP contribution in [0.5, 0.6) is 0 Å². The zero-order chi connectivity index (χ0) is 19.7. The van der Waals surface area contributed by atoms with Gasteiger partial charge in [0.25, 0.3) is 10.0 Å². The van der Waals surface area contributed by atoms with E-state index < -0.39 is 25.9 Å². The molecule has 0 radical (unpaired) electrons. The van der Waals surface area contributed by atoms with E-state index in [1.807, 2.05) is 0 Å². The van der Waals surface area contributed by atoms with Crippen LogP contribution in [0.25, 0.3) is 0 Å². The van der Waals surface area contributed by atoms with E-state index in [-0.39, 0.29) is 33.6 Å². The second-order valence-electron chi connectivity index (χ2n) is 5.72. The second kappa shape index (κ2) is 7.72. The maximum atomic E-state index is 13.1. The molecule has 0 saturated carbocycles. The van der Waals surface area contributed by atoms with Crippen LogP contribution < -0.4 is 4.72 Å². The van der Waals surface area contributed by atoms with Crippen molar-refractivity contribution in [3.8, 4) is 0 Å². The van der Waals surface area contributed by atoms with Gasteiger partial charge in [-0.3, -0.25) is 4.72 Å². The summed E-state index contributed by atoms with van der Waals surface area (Å²) in [5.74, 6) is -0.597. The van der Waals surface area contributed by atoms with Gasteiger partial charge < -0.3 is 4.74 Å². The lowest BCUT2D eigenvalue weighted by Gasteiger charge is -2.26. The molecule has 0 bridgehead atoms. The normalized spacial score (nSPS) is 16.2. The number of ether oxygens (including phenoxy) is 1. The first-order valence-electron chi connectivity index (χ1n) is 7.86. The number of sulfonamides is 2. The minimum Gasteiger partial charge on any atom is -0.379 e. The molecule has 1 aliphatic rings. The molecule has 0 unspecified atom stereocenters. The van der Waals surface area contributed by atoms with Crippen LogP contribution in [0.4, 0.5) is 10.1 Å². The van der Waals surface area contributed by atoms with Crippen LogP contribution in [0.2, 0.25) is 5.02 Å². The van der Waals surface area contributed by atoms with Gasteiger partial charge in [0.2, 0.25) is 10.0 Å². The summed E-state index contributed by atoms with van der Waals surface area (Å²) in [6, 6.07) is 8.09. The van der Waals surface area contributed by atoms with E-state index in [1.54, 1.807) is 0 Å². The Hall–Kier alpha value is -1.72. The van der Waals surface area contributed by atoms with Gasteiger partial charge in [0.05, 0.1) is 33.7 Å². The number of hydrogen-bond acceptors (Lipinski definition) is 5. The van der Waals surface area contributed by atoms with Crippen LogP contribution in [0.1, 0.15) is 0 Å². The largest absolute Gasteiger partial charge is 0.379 e. The third-order valence-electron chi connectivity index (χ3n) is 3.92. The van der Waals surface area contributed by atoms with E-state index in [0.717, 1.165) is 12.1 Å². The van der Waals surface area contributed by atoms with E-state index in [4.69, 9.17) is 16.3 Å². The summed E-state index contributed by atoms with van der Waals surface area (Å²) in [7, 11) is -7.74. The molecule has 1 heterocycles. The molecule has 1 fully saturated rings. The Morgan fingerprint density at radius 3 is 2.15 bits per heavy atom. The number of nitrogens with zero attached hydrogens (tertiary/aromatic N) is 1. The first-order valence-corrected chi connectivity index (χ1v) is 11.2. The zero-order valence-electron chi connectivity index (χ0n) is 13.9. The molecule has 2 aromatic rings. The first kappa shape index (κ1) is 20.0. The Bertz CT molecular complexity index is 1040. The predicted octanol–water partition coefficient (Wildman–Crippen LogP) is 2.30. The van der Waals surface area contributed by atoms with Crippen molar-refractivity contribution in [2.45, 2.75) is 9.79 Å². The van der Waals surface area contributed by atoms with Crippen molar-refractivity contribution < 1.29 is 26.0 Å². The van der Waals surface area contributed by atoms with Crippen LogP contribution >= 0.6 is 11.6 Å². The molecule has 1 saturated heterocycles. The van der Waals surface area contributed by atoms with Gasteiger partial charge in [0.15, 0.2) is 0 Å². The Kier molecular flexibility index (Phi) is 5.73. The van der Waals surface area contributed by atoms with Crippen molar-refractivity contribution in [3.63, 3.8) is 0 Å². The Labute approximate surface area is 161 Å². The topological polar surface area (TPSA) is 92.8 Å². The lowest BCUT2D eigenvalue weighted by atomic mass is 10.3. The fourth-order valence-corrected chi connectivity index (χ4v) is 5.26. The Morgan fingerprint density at radius 1 is 0.963 bits per heavy atom. The summed E-state index contributed by atoms with van der Waals surface area (Å²) in [5.41, 5.74) is 0.0167. The maximum absolute atomic E-state index is 13.1. The van der Waals surface area contributed by atoms with Crippen LogP contribution in [0.3, 0.4) is 0 Å². The molecule has 0 aliphatic carbocycles. The summed E-state index contributed by atoms with van der Waals surface area (Å²) in [6.45, 7) is 1.11. The number of rotatable bonds is 5. The molecule has 0 spiro atoms. The van der Waals surface area contributed by atoms with Crippen molar-refractivity contribution in [3.05, 3.63) is 53.3 Å². The SMILES string of the molecule is O=S(=O)(Nc1ccc(F)cc1Cl)c1ccc(S(=O)(=O)N2CCOCC2)cc1. The highest BCUT2D eigenvalue weighted by atomic mass is 35.5. The molecule has 11 heteroatoms. The van der Waals surface area contributed by atoms with Crippen molar-refractivity contribution in [2.75, 3.05) is 31.0 Å². The molecule has 0 amide bonds. The van der Waals surface area contributed by atoms with E-state index in [2.05, 4.69) is 4.72 Å². The maximum Gasteiger partial charge on any atom is 0.261 e. The average molecular weight is 435 g/mol. The number of nitrogens with one attached hydrogen (secondary N) is 1. The summed E-state index contributed by atoms with van der Waals surface area (Å²) >= 11 is 5.83. The van der Waals surface area contributed by atoms with Crippen molar-refractivity contribution in [1.82, 2.24) is 4.31 Å². The molecule has 27 heavy (non-hydrogen) atoms. The van der Waals surface area contributed by atoms with Gasteiger partial charge in [-0.15, -0.1) is 0 Å². The number of anilines is 1. The third kappa shape index (κ3) is 4.41. The fourth-order valence-electron chi connectivity index (χ4n) is 2.50. The van der Waals surface area contributed by atoms with Gasteiger partial charge in [-0.2, -0.15) is 4.31 Å². The third-order valence-corrected chi connectivity index (χ3v) is 7.52. The number of hydrogen-bond donors (Lipinski definition) is 1. The molecule has 2 aromatic carbocycles. The van der Waals surface area contributed by atoms with Gasteiger partial charge in [-0.25, -0.2) is 21.2 Å². The molecule has 3 rings (SSSR count). The van der Waals surface area contributed by atoms with Crippen LogP contribution in [-0.2, 0) is 24.8 Å². The number of halogens is 2. The Morgan fingerprint density at radius 2 is 1.56 bits per heavy atom. The van der Waals surface area contributed by atoms with Gasteiger partial charge in [-0.1, -0.05) is 11.6 Å². The molecule has 7 nitrogen and oxygen atoms in total. The zero-order valence-corrected chi connectivity index (χ0v) is 16.3. The fraction of sp³-hybridized carbons (Fsp3) is 0.250. The van der Waals surface area contributed by atoms with Crippen molar-refractivity contribution in [2.24, 2.45) is 0 Å². The van der Waals surface area contributed by atoms with Gasteiger partial charge in [0.1, 0.15) is 5.82 Å². The van der Waals surface area contributed by atoms with Crippen LogP contribution in [-0.4, -0.2) is 47.4 Å². The quantitative estimate of drug-likeness (QED) is 0.779. The van der Waals surface area contributed by atoms with Crippen LogP contribution in [0.15, 0.2) is 52.3 Å². The second-order valence-corrected chi connectivity index (χ2v) is 9.75. The summed E-state index contributed by atoms with van der Waals surface area (Å²) in [6.07, 6.45) is 0. The lowest BCUT2D eigenvalue weighted by Crippen LogP contribution is -2.40. The average Bonchev–Trinajstić information content (AvgIpc) is 2.65. The number of benzene rings is 2. The molecular formula is C16H16ClFN2O5S2. The molecular weight excluding hydrogens is 419 g/mol. The molecule has 0 atom stereocenters. The molecule has 0 aromatic heterocycles. The minimum atomic E-state index is -4.02. The monoisotopic (exact) mass is 434 g/mol. The van der Waals surface area contributed by atoms with E-state index in [0.29, 0.717) is 13.2 Å². The van der Waals surface area contributed by atoms with E-state index in [9.17, 15) is 21.2 Å². The van der Waals surface area contributed by atoms with Gasteiger partial charge in [0, 0.05) is 13.1 Å². The molecule has 1 N–H and O–H groups in total. The first-order chi connectivity index (χ1) is 12.7. The molecule has 1 aliphatic heterocycles. The smallest absolute Gasteiger partial charge is 0.261 e. The highest BCUT2D eigenvalue weighted by Gasteiger charge is 2.27. The summed E-state index contributed by atoms with van der Waals surface area (Å²) in [4.78, 5) is -0.160. The van der Waals surface area contributed by atoms with Crippen LogP contribution in [0, 0.1) is 5.82 Å². The van der Waals surface area contributed by atoms with E-state index in [1.165, 1.54) is 34.6 Å². The Balaban J connectivity index is 1.83. The van der Waals surface area contributed by atoms with Gasteiger partial charge >= 0.3 is 0 Å². The molecule has 146 valence electrons. The predicted molar refractivity (Wildman–Crippen MR) is 98.2 cm³/mol. The summed E-state index contributed by atoms with van der Waals surface area (Å²) < 4.78 is 71.8. The standard InChI is InChI=1S/C16H16ClFN2O5S2/c17-15-11-12(18)1-6-16(15)19-26(21,22)13-2-4-14(5-3-13)27(23,24)20-7-9-25-10-8-20/h1-6,11,19H,7-10H2. The summed E-state index contributed by atoms with van der Waals surface area (Å²) in [5, 5.41) is -0.0925. The van der Waals surface area contributed by atoms with E-state index >= 15 is 0 Å².